The first-order chi connectivity index (χ1) is 11.3. The maximum absolute atomic E-state index is 12.2. The molecule has 122 valence electrons. The number of non-ortho nitro benzene ring substituents is 1. The van der Waals surface area contributed by atoms with E-state index in [-0.39, 0.29) is 16.8 Å². The monoisotopic (exact) mass is 331 g/mol. The number of carboxylic acid groups (broad SMARTS) is 1. The lowest BCUT2D eigenvalue weighted by atomic mass is 10.1. The molecule has 0 aromatic heterocycles. The molecule has 0 fully saturated rings. The number of carbonyl (C=O) groups is 2. The minimum atomic E-state index is -1.33. The van der Waals surface area contributed by atoms with E-state index in [0.717, 1.165) is 12.1 Å². The third kappa shape index (κ3) is 3.32. The van der Waals surface area contributed by atoms with Crippen LogP contribution in [0.4, 0.5) is 17.1 Å². The number of nitro benzene ring substituents is 2. The first-order valence-electron chi connectivity index (χ1n) is 6.37. The Labute approximate surface area is 133 Å². The topological polar surface area (TPSA) is 153 Å². The number of carbonyl (C=O) groups excluding carboxylic acids is 1. The predicted octanol–water partition coefficient (Wildman–Crippen LogP) is 2.45. The number of amides is 1. The molecule has 24 heavy (non-hydrogen) atoms. The number of carboxylic acids is 1. The number of nitrogens with zero attached hydrogens (tertiary/aromatic N) is 2. The zero-order valence-electron chi connectivity index (χ0n) is 11.8. The van der Waals surface area contributed by atoms with E-state index in [0.29, 0.717) is 6.07 Å². The Morgan fingerprint density at radius 1 is 0.958 bits per heavy atom. The Morgan fingerprint density at radius 2 is 1.58 bits per heavy atom. The van der Waals surface area contributed by atoms with Gasteiger partial charge in [0.2, 0.25) is 0 Å². The highest BCUT2D eigenvalue weighted by molar-refractivity contribution is 6.11. The molecule has 2 aromatic rings. The summed E-state index contributed by atoms with van der Waals surface area (Å²) in [6, 6.07) is 8.03. The minimum absolute atomic E-state index is 0.197. The maximum Gasteiger partial charge on any atom is 0.336 e. The van der Waals surface area contributed by atoms with Crippen LogP contribution in [-0.4, -0.2) is 26.8 Å². The second kappa shape index (κ2) is 6.52. The van der Waals surface area contributed by atoms with Crippen molar-refractivity contribution in [2.45, 2.75) is 0 Å². The first-order valence-corrected chi connectivity index (χ1v) is 6.37. The fourth-order valence-electron chi connectivity index (χ4n) is 1.95. The van der Waals surface area contributed by atoms with Gasteiger partial charge >= 0.3 is 5.97 Å². The summed E-state index contributed by atoms with van der Waals surface area (Å²) in [6.45, 7) is 0. The quantitative estimate of drug-likeness (QED) is 0.630. The summed E-state index contributed by atoms with van der Waals surface area (Å²) in [7, 11) is 0. The van der Waals surface area contributed by atoms with E-state index in [2.05, 4.69) is 5.32 Å². The molecular formula is C14H9N3O7. The van der Waals surface area contributed by atoms with Crippen LogP contribution in [0.25, 0.3) is 0 Å². The molecule has 0 aliphatic rings. The van der Waals surface area contributed by atoms with Crippen molar-refractivity contribution in [1.29, 1.82) is 0 Å². The van der Waals surface area contributed by atoms with E-state index in [1.165, 1.54) is 24.3 Å². The Hall–Kier alpha value is -3.82. The van der Waals surface area contributed by atoms with Gasteiger partial charge in [0.25, 0.3) is 17.3 Å². The number of nitro groups is 2. The number of nitrogens with one attached hydrogen (secondary N) is 1. The molecule has 0 heterocycles. The number of benzene rings is 2. The van der Waals surface area contributed by atoms with Crippen molar-refractivity contribution >= 4 is 28.9 Å². The normalized spacial score (nSPS) is 10.0. The lowest BCUT2D eigenvalue weighted by Crippen LogP contribution is -2.17. The zero-order chi connectivity index (χ0) is 17.9. The lowest BCUT2D eigenvalue weighted by Gasteiger charge is -2.08. The van der Waals surface area contributed by atoms with Crippen molar-refractivity contribution < 1.29 is 24.5 Å². The van der Waals surface area contributed by atoms with Crippen molar-refractivity contribution in [2.24, 2.45) is 0 Å². The van der Waals surface area contributed by atoms with Crippen LogP contribution in [0.5, 0.6) is 0 Å². The molecule has 1 amide bonds. The Bertz CT molecular complexity index is 863. The lowest BCUT2D eigenvalue weighted by molar-refractivity contribution is -0.393. The van der Waals surface area contributed by atoms with Crippen molar-refractivity contribution in [3.63, 3.8) is 0 Å². The molecule has 2 aromatic carbocycles. The number of hydrogen-bond acceptors (Lipinski definition) is 6. The summed E-state index contributed by atoms with van der Waals surface area (Å²) in [5.41, 5.74) is -1.94. The molecule has 0 unspecified atom stereocenters. The number of hydrogen-bond donors (Lipinski definition) is 2. The summed E-state index contributed by atoms with van der Waals surface area (Å²) in [5, 5.41) is 33.0. The number of aromatic carboxylic acids is 1. The smallest absolute Gasteiger partial charge is 0.336 e. The molecule has 0 bridgehead atoms. The van der Waals surface area contributed by atoms with Crippen molar-refractivity contribution in [2.75, 3.05) is 5.32 Å². The molecule has 0 saturated heterocycles. The first kappa shape index (κ1) is 16.5. The average molecular weight is 331 g/mol. The third-order valence-corrected chi connectivity index (χ3v) is 3.04. The van der Waals surface area contributed by atoms with Gasteiger partial charge in [-0.1, -0.05) is 12.1 Å². The second-order valence-corrected chi connectivity index (χ2v) is 4.52. The summed E-state index contributed by atoms with van der Waals surface area (Å²) in [6.07, 6.45) is 0. The summed E-state index contributed by atoms with van der Waals surface area (Å²) in [4.78, 5) is 43.3. The Kier molecular flexibility index (Phi) is 4.50. The van der Waals surface area contributed by atoms with Gasteiger partial charge in [0.1, 0.15) is 5.69 Å². The van der Waals surface area contributed by atoms with Gasteiger partial charge in [0, 0.05) is 6.07 Å². The van der Waals surface area contributed by atoms with E-state index in [1.54, 1.807) is 0 Å². The molecular weight excluding hydrogens is 322 g/mol. The molecule has 0 atom stereocenters. The number of anilines is 1. The van der Waals surface area contributed by atoms with Gasteiger partial charge in [-0.3, -0.25) is 25.0 Å². The number of rotatable bonds is 5. The van der Waals surface area contributed by atoms with Crippen LogP contribution in [0.15, 0.2) is 42.5 Å². The van der Waals surface area contributed by atoms with E-state index >= 15 is 0 Å². The van der Waals surface area contributed by atoms with Gasteiger partial charge in [-0.15, -0.1) is 0 Å². The van der Waals surface area contributed by atoms with Gasteiger partial charge in [-0.05, 0) is 18.2 Å². The molecule has 10 nitrogen and oxygen atoms in total. The van der Waals surface area contributed by atoms with Crippen LogP contribution >= 0.6 is 0 Å². The molecule has 0 saturated carbocycles. The third-order valence-electron chi connectivity index (χ3n) is 3.04. The van der Waals surface area contributed by atoms with Crippen molar-refractivity contribution in [3.8, 4) is 0 Å². The highest BCUT2D eigenvalue weighted by Gasteiger charge is 2.23. The van der Waals surface area contributed by atoms with Gasteiger partial charge in [0.15, 0.2) is 0 Å². The SMILES string of the molecule is O=C(O)c1ccccc1C(=O)Nc1ccc([N+](=O)[O-])cc1[N+](=O)[O-]. The van der Waals surface area contributed by atoms with Crippen LogP contribution in [0, 0.1) is 20.2 Å². The highest BCUT2D eigenvalue weighted by Crippen LogP contribution is 2.29. The summed E-state index contributed by atoms with van der Waals surface area (Å²) >= 11 is 0. The van der Waals surface area contributed by atoms with E-state index in [9.17, 15) is 29.8 Å². The average Bonchev–Trinajstić information content (AvgIpc) is 2.54. The second-order valence-electron chi connectivity index (χ2n) is 4.52. The van der Waals surface area contributed by atoms with E-state index < -0.39 is 33.1 Å². The van der Waals surface area contributed by atoms with Crippen LogP contribution in [-0.2, 0) is 0 Å². The van der Waals surface area contributed by atoms with Gasteiger partial charge < -0.3 is 10.4 Å². The maximum atomic E-state index is 12.2. The standard InChI is InChI=1S/C14H9N3O7/c18-13(9-3-1-2-4-10(9)14(19)20)15-11-6-5-8(16(21)22)7-12(11)17(23)24/h1-7H,(H,15,18)(H,19,20). The van der Waals surface area contributed by atoms with E-state index in [1.807, 2.05) is 0 Å². The molecule has 0 aliphatic heterocycles. The van der Waals surface area contributed by atoms with Crippen LogP contribution < -0.4 is 5.32 Å². The fraction of sp³-hybridized carbons (Fsp3) is 0. The molecule has 0 aliphatic carbocycles. The van der Waals surface area contributed by atoms with Gasteiger partial charge in [-0.2, -0.15) is 0 Å². The fourth-order valence-corrected chi connectivity index (χ4v) is 1.95. The summed E-state index contributed by atoms with van der Waals surface area (Å²) in [5.74, 6) is -2.22. The molecule has 0 radical (unpaired) electrons. The van der Waals surface area contributed by atoms with Crippen LogP contribution in [0.3, 0.4) is 0 Å². The summed E-state index contributed by atoms with van der Waals surface area (Å²) < 4.78 is 0. The van der Waals surface area contributed by atoms with Gasteiger partial charge in [0.05, 0.1) is 27.0 Å². The van der Waals surface area contributed by atoms with Crippen LogP contribution in [0.1, 0.15) is 20.7 Å². The predicted molar refractivity (Wildman–Crippen MR) is 81.1 cm³/mol. The Morgan fingerprint density at radius 3 is 2.12 bits per heavy atom. The largest absolute Gasteiger partial charge is 0.478 e. The molecule has 2 rings (SSSR count). The van der Waals surface area contributed by atoms with Crippen molar-refractivity contribution in [3.05, 3.63) is 73.8 Å². The zero-order valence-corrected chi connectivity index (χ0v) is 11.8. The molecule has 0 spiro atoms. The minimum Gasteiger partial charge on any atom is -0.478 e. The van der Waals surface area contributed by atoms with Crippen LogP contribution in [0.2, 0.25) is 0 Å². The molecule has 2 N–H and O–H groups in total. The van der Waals surface area contributed by atoms with E-state index in [4.69, 9.17) is 5.11 Å². The van der Waals surface area contributed by atoms with Crippen molar-refractivity contribution in [1.82, 2.24) is 0 Å². The molecule has 10 heteroatoms. The highest BCUT2D eigenvalue weighted by atomic mass is 16.6. The van der Waals surface area contributed by atoms with Gasteiger partial charge in [-0.25, -0.2) is 4.79 Å². The Balaban J connectivity index is 2.41.